The first-order chi connectivity index (χ1) is 20.3. The fourth-order valence-electron chi connectivity index (χ4n) is 7.13. The van der Waals surface area contributed by atoms with Crippen molar-refractivity contribution in [3.05, 3.63) is 132 Å². The zero-order valence-corrected chi connectivity index (χ0v) is 22.7. The molecule has 2 aromatic heterocycles. The molecular weight excluding hydrogens is 520 g/mol. The summed E-state index contributed by atoms with van der Waals surface area (Å²) in [7, 11) is -1.86. The number of fused-ring (bicyclic) bond motifs is 15. The molecule has 6 aromatic carbocycles. The average Bonchev–Trinajstić information content (AvgIpc) is 3.63. The standard InChI is InChI=1S/C38H22O2S/c1-5-13-31-25(9-1)29-21-37-23(19-33(29)39-31)17-18-24-20-34-30(26-10-2-6-14-32(26)40-34)22-38(24)41(37)35-15-7-3-11-27(35)28-12-4-8-16-36(28)41/h1-22H. The molecule has 0 saturated heterocycles. The van der Waals surface area contributed by atoms with E-state index in [2.05, 4.69) is 121 Å². The first-order valence-electron chi connectivity index (χ1n) is 13.9. The first-order valence-corrected chi connectivity index (χ1v) is 15.5. The summed E-state index contributed by atoms with van der Waals surface area (Å²) in [4.78, 5) is 5.51. The molecule has 2 aliphatic rings. The van der Waals surface area contributed by atoms with Crippen LogP contribution in [0.3, 0.4) is 0 Å². The highest BCUT2D eigenvalue weighted by Gasteiger charge is 2.45. The van der Waals surface area contributed by atoms with Gasteiger partial charge in [0, 0.05) is 41.1 Å². The van der Waals surface area contributed by atoms with Crippen LogP contribution >= 0.6 is 10.0 Å². The minimum atomic E-state index is -1.86. The van der Waals surface area contributed by atoms with Crippen molar-refractivity contribution in [2.45, 2.75) is 19.6 Å². The average molecular weight is 543 g/mol. The monoisotopic (exact) mass is 542 g/mol. The summed E-state index contributed by atoms with van der Waals surface area (Å²) in [6.45, 7) is 0. The molecule has 0 atom stereocenters. The van der Waals surface area contributed by atoms with E-state index in [1.54, 1.807) is 0 Å². The molecule has 2 aliphatic heterocycles. The highest BCUT2D eigenvalue weighted by atomic mass is 32.3. The summed E-state index contributed by atoms with van der Waals surface area (Å²) in [5.74, 6) is 0. The molecule has 0 aliphatic carbocycles. The van der Waals surface area contributed by atoms with Crippen molar-refractivity contribution in [1.29, 1.82) is 0 Å². The van der Waals surface area contributed by atoms with Crippen molar-refractivity contribution in [3.63, 3.8) is 0 Å². The number of furan rings is 2. The molecule has 4 heterocycles. The Hall–Kier alpha value is -4.99. The van der Waals surface area contributed by atoms with E-state index in [4.69, 9.17) is 8.83 Å². The maximum atomic E-state index is 6.39. The van der Waals surface area contributed by atoms with Crippen LogP contribution < -0.4 is 0 Å². The van der Waals surface area contributed by atoms with Gasteiger partial charge in [-0.05, 0) is 70.8 Å². The number of hydrogen-bond acceptors (Lipinski definition) is 2. The predicted octanol–water partition coefficient (Wildman–Crippen LogP) is 11.3. The van der Waals surface area contributed by atoms with Crippen LogP contribution in [0, 0.1) is 0 Å². The number of para-hydroxylation sites is 2. The third-order valence-corrected chi connectivity index (χ3v) is 12.9. The van der Waals surface area contributed by atoms with E-state index in [0.717, 1.165) is 33.1 Å². The van der Waals surface area contributed by atoms with E-state index in [9.17, 15) is 0 Å². The minimum Gasteiger partial charge on any atom is -0.456 e. The summed E-state index contributed by atoms with van der Waals surface area (Å²) >= 11 is 0. The van der Waals surface area contributed by atoms with Gasteiger partial charge in [0.2, 0.25) is 0 Å². The lowest BCUT2D eigenvalue weighted by molar-refractivity contribution is 0.668. The summed E-state index contributed by atoms with van der Waals surface area (Å²) < 4.78 is 12.8. The van der Waals surface area contributed by atoms with Gasteiger partial charge in [-0.25, -0.2) is 0 Å². The summed E-state index contributed by atoms with van der Waals surface area (Å²) in [5, 5.41) is 4.65. The van der Waals surface area contributed by atoms with Gasteiger partial charge in [0.05, 0.1) is 0 Å². The highest BCUT2D eigenvalue weighted by Crippen LogP contribution is 2.82. The Morgan fingerprint density at radius 3 is 1.32 bits per heavy atom. The Morgan fingerprint density at radius 2 is 0.805 bits per heavy atom. The molecule has 0 amide bonds. The summed E-state index contributed by atoms with van der Waals surface area (Å²) in [5.41, 5.74) is 8.76. The smallest absolute Gasteiger partial charge is 0.136 e. The van der Waals surface area contributed by atoms with Crippen LogP contribution in [0.25, 0.3) is 67.2 Å². The number of benzene rings is 6. The Kier molecular flexibility index (Phi) is 4.04. The Labute approximate surface area is 237 Å². The van der Waals surface area contributed by atoms with Crippen molar-refractivity contribution in [1.82, 2.24) is 0 Å². The molecule has 8 aromatic rings. The van der Waals surface area contributed by atoms with Crippen LogP contribution in [-0.4, -0.2) is 0 Å². The van der Waals surface area contributed by atoms with E-state index < -0.39 is 10.0 Å². The second-order valence-electron chi connectivity index (χ2n) is 10.9. The summed E-state index contributed by atoms with van der Waals surface area (Å²) in [6, 6.07) is 44.2. The van der Waals surface area contributed by atoms with Crippen molar-refractivity contribution in [2.24, 2.45) is 0 Å². The maximum Gasteiger partial charge on any atom is 0.136 e. The second kappa shape index (κ2) is 7.60. The summed E-state index contributed by atoms with van der Waals surface area (Å²) in [6.07, 6.45) is 4.56. The SMILES string of the molecule is C1=Cc2cc3oc4ccccc4c3cc2S2(c3cc4c(cc31)oc1ccccc14)c1ccccc1-c1ccccc12. The zero-order chi connectivity index (χ0) is 26.7. The molecule has 3 heteroatoms. The van der Waals surface area contributed by atoms with Crippen molar-refractivity contribution < 1.29 is 8.83 Å². The third-order valence-electron chi connectivity index (χ3n) is 8.84. The quantitative estimate of drug-likeness (QED) is 0.190. The van der Waals surface area contributed by atoms with Crippen LogP contribution in [0.4, 0.5) is 0 Å². The van der Waals surface area contributed by atoms with E-state index in [-0.39, 0.29) is 0 Å². The van der Waals surface area contributed by atoms with Crippen LogP contribution in [0.15, 0.2) is 150 Å². The van der Waals surface area contributed by atoms with E-state index in [1.165, 1.54) is 52.6 Å². The third kappa shape index (κ3) is 2.65. The molecule has 2 nitrogen and oxygen atoms in total. The van der Waals surface area contributed by atoms with Gasteiger partial charge >= 0.3 is 0 Å². The lowest BCUT2D eigenvalue weighted by Crippen LogP contribution is -2.04. The fraction of sp³-hybridized carbons (Fsp3) is 0. The Balaban J connectivity index is 1.44. The lowest BCUT2D eigenvalue weighted by atomic mass is 10.1. The molecular formula is C38H22O2S. The molecule has 0 saturated carbocycles. The molecule has 0 bridgehead atoms. The Morgan fingerprint density at radius 1 is 0.366 bits per heavy atom. The van der Waals surface area contributed by atoms with Crippen LogP contribution in [0.2, 0.25) is 0 Å². The van der Waals surface area contributed by atoms with Crippen LogP contribution in [0.1, 0.15) is 11.1 Å². The fourth-order valence-corrected chi connectivity index (χ4v) is 11.7. The normalized spacial score (nSPS) is 15.2. The van der Waals surface area contributed by atoms with Gasteiger partial charge in [0.25, 0.3) is 0 Å². The number of rotatable bonds is 0. The highest BCUT2D eigenvalue weighted by molar-refractivity contribution is 8.34. The molecule has 0 unspecified atom stereocenters. The Bertz CT molecular complexity index is 2270. The van der Waals surface area contributed by atoms with Crippen LogP contribution in [0.5, 0.6) is 0 Å². The van der Waals surface area contributed by atoms with Gasteiger partial charge in [-0.1, -0.05) is 84.9 Å². The van der Waals surface area contributed by atoms with Crippen molar-refractivity contribution in [2.75, 3.05) is 0 Å². The van der Waals surface area contributed by atoms with Gasteiger partial charge in [-0.15, -0.1) is 10.0 Å². The van der Waals surface area contributed by atoms with E-state index >= 15 is 0 Å². The molecule has 1 spiro atoms. The second-order valence-corrected chi connectivity index (χ2v) is 13.9. The maximum absolute atomic E-state index is 6.39. The van der Waals surface area contributed by atoms with Crippen molar-refractivity contribution in [3.8, 4) is 11.1 Å². The number of hydrogen-bond donors (Lipinski definition) is 0. The van der Waals surface area contributed by atoms with Gasteiger partial charge in [-0.3, -0.25) is 0 Å². The molecule has 0 fully saturated rings. The largest absolute Gasteiger partial charge is 0.456 e. The lowest BCUT2D eigenvalue weighted by Gasteiger charge is -2.40. The van der Waals surface area contributed by atoms with E-state index in [0.29, 0.717) is 0 Å². The molecule has 0 radical (unpaired) electrons. The molecule has 41 heavy (non-hydrogen) atoms. The molecule has 192 valence electrons. The topological polar surface area (TPSA) is 26.3 Å². The predicted molar refractivity (Wildman–Crippen MR) is 169 cm³/mol. The first kappa shape index (κ1) is 21.8. The zero-order valence-electron chi connectivity index (χ0n) is 21.9. The van der Waals surface area contributed by atoms with Gasteiger partial charge in [0.1, 0.15) is 22.3 Å². The van der Waals surface area contributed by atoms with Crippen LogP contribution in [-0.2, 0) is 0 Å². The minimum absolute atomic E-state index is 0.925. The van der Waals surface area contributed by atoms with Gasteiger partial charge in [0.15, 0.2) is 0 Å². The molecule has 0 N–H and O–H groups in total. The van der Waals surface area contributed by atoms with Gasteiger partial charge < -0.3 is 8.83 Å². The van der Waals surface area contributed by atoms with Gasteiger partial charge in [-0.2, -0.15) is 0 Å². The van der Waals surface area contributed by atoms with Crippen molar-refractivity contribution >= 4 is 66.1 Å². The molecule has 10 rings (SSSR count). The van der Waals surface area contributed by atoms with E-state index in [1.807, 2.05) is 12.1 Å².